The highest BCUT2D eigenvalue weighted by Crippen LogP contribution is 2.36. The first-order valence-corrected chi connectivity index (χ1v) is 11.8. The molecule has 13 nitrogen and oxygen atoms in total. The maximum absolute atomic E-state index is 12.7. The first kappa shape index (κ1) is 29.4. The second-order valence-corrected chi connectivity index (χ2v) is 8.71. The van der Waals surface area contributed by atoms with Crippen LogP contribution in [0.5, 0.6) is 11.5 Å². The van der Waals surface area contributed by atoms with E-state index in [0.29, 0.717) is 11.1 Å². The van der Waals surface area contributed by atoms with Gasteiger partial charge in [-0.15, -0.1) is 0 Å². The molecule has 6 N–H and O–H groups in total. The van der Waals surface area contributed by atoms with Crippen LogP contribution < -0.4 is 0 Å². The maximum atomic E-state index is 12.7. The highest BCUT2D eigenvalue weighted by molar-refractivity contribution is 5.90. The van der Waals surface area contributed by atoms with Gasteiger partial charge in [0.15, 0.2) is 17.8 Å². The van der Waals surface area contributed by atoms with Gasteiger partial charge >= 0.3 is 11.9 Å². The Bertz CT molecular complexity index is 1050. The van der Waals surface area contributed by atoms with Crippen LogP contribution >= 0.6 is 0 Å². The predicted molar refractivity (Wildman–Crippen MR) is 126 cm³/mol. The third-order valence-corrected chi connectivity index (χ3v) is 6.29. The fraction of sp³-hybridized carbons (Fsp3) is 0.520. The van der Waals surface area contributed by atoms with Crippen LogP contribution in [0.2, 0.25) is 0 Å². The van der Waals surface area contributed by atoms with Crippen molar-refractivity contribution in [2.24, 2.45) is 5.92 Å². The van der Waals surface area contributed by atoms with Gasteiger partial charge in [0.25, 0.3) is 0 Å². The molecule has 38 heavy (non-hydrogen) atoms. The smallest absolute Gasteiger partial charge is 0.337 e. The van der Waals surface area contributed by atoms with Crippen LogP contribution in [0.3, 0.4) is 0 Å². The molecule has 2 heterocycles. The molecule has 3 unspecified atom stereocenters. The molecule has 2 aliphatic rings. The lowest BCUT2D eigenvalue weighted by Gasteiger charge is -2.41. The van der Waals surface area contributed by atoms with E-state index >= 15 is 0 Å². The van der Waals surface area contributed by atoms with E-state index < -0.39 is 61.5 Å². The third kappa shape index (κ3) is 6.62. The molecule has 1 saturated heterocycles. The Labute approximate surface area is 218 Å². The van der Waals surface area contributed by atoms with E-state index in [2.05, 4.69) is 0 Å². The normalized spacial score (nSPS) is 30.3. The van der Waals surface area contributed by atoms with Gasteiger partial charge in [-0.05, 0) is 24.6 Å². The summed E-state index contributed by atoms with van der Waals surface area (Å²) in [7, 11) is 1.16. The highest BCUT2D eigenvalue weighted by Gasteiger charge is 2.46. The first-order chi connectivity index (χ1) is 18.1. The number of esters is 2. The van der Waals surface area contributed by atoms with E-state index in [-0.39, 0.29) is 36.5 Å². The van der Waals surface area contributed by atoms with Crippen molar-refractivity contribution in [2.75, 3.05) is 20.3 Å². The second-order valence-electron chi connectivity index (χ2n) is 8.71. The number of benzene rings is 1. The van der Waals surface area contributed by atoms with Gasteiger partial charge < -0.3 is 54.3 Å². The summed E-state index contributed by atoms with van der Waals surface area (Å²) in [5.41, 5.74) is 0.927. The van der Waals surface area contributed by atoms with Gasteiger partial charge in [0.1, 0.15) is 24.4 Å². The van der Waals surface area contributed by atoms with Crippen molar-refractivity contribution in [1.82, 2.24) is 0 Å². The Hall–Kier alpha value is -3.20. The fourth-order valence-corrected chi connectivity index (χ4v) is 4.16. The van der Waals surface area contributed by atoms with Crippen LogP contribution in [0.25, 0.3) is 0 Å². The molecule has 3 rings (SSSR count). The van der Waals surface area contributed by atoms with E-state index in [1.165, 1.54) is 12.1 Å². The first-order valence-electron chi connectivity index (χ1n) is 11.8. The number of aromatic hydroxyl groups is 2. The van der Waals surface area contributed by atoms with Gasteiger partial charge in [-0.2, -0.15) is 0 Å². The minimum Gasteiger partial charge on any atom is -0.504 e. The number of phenols is 2. The number of carbonyl (C=O) groups is 2. The van der Waals surface area contributed by atoms with E-state index in [0.717, 1.165) is 13.4 Å². The molecule has 1 aromatic carbocycles. The molecule has 0 aromatic heterocycles. The van der Waals surface area contributed by atoms with Gasteiger partial charge in [-0.25, -0.2) is 4.79 Å². The number of phenolic OH excluding ortho intramolecular Hbond substituents is 2. The maximum Gasteiger partial charge on any atom is 0.337 e. The predicted octanol–water partition coefficient (Wildman–Crippen LogP) is -0.634. The number of aliphatic hydroxyl groups excluding tert-OH is 4. The van der Waals surface area contributed by atoms with Crippen molar-refractivity contribution in [2.45, 2.75) is 56.8 Å². The zero-order valence-electron chi connectivity index (χ0n) is 20.8. The zero-order chi connectivity index (χ0) is 28.0. The van der Waals surface area contributed by atoms with E-state index in [9.17, 15) is 40.2 Å². The summed E-state index contributed by atoms with van der Waals surface area (Å²) >= 11 is 0. The third-order valence-electron chi connectivity index (χ3n) is 6.29. The van der Waals surface area contributed by atoms with Crippen LogP contribution in [-0.4, -0.2) is 99.9 Å². The zero-order valence-corrected chi connectivity index (χ0v) is 20.8. The van der Waals surface area contributed by atoms with E-state index in [1.807, 2.05) is 0 Å². The molecule has 0 amide bonds. The summed E-state index contributed by atoms with van der Waals surface area (Å²) in [5, 5.41) is 58.8. The number of carbonyl (C=O) groups excluding carboxylic acids is 2. The topological polar surface area (TPSA) is 202 Å². The van der Waals surface area contributed by atoms with Gasteiger partial charge in [0.05, 0.1) is 38.6 Å². The number of rotatable bonds is 9. The molecule has 7 atom stereocenters. The van der Waals surface area contributed by atoms with E-state index in [1.54, 1.807) is 19.1 Å². The van der Waals surface area contributed by atoms with Crippen molar-refractivity contribution in [3.63, 3.8) is 0 Å². The van der Waals surface area contributed by atoms with Crippen LogP contribution in [0.1, 0.15) is 18.9 Å². The number of allylic oxidation sites excluding steroid dienone is 1. The van der Waals surface area contributed by atoms with E-state index in [4.69, 9.17) is 23.7 Å². The molecule has 13 heteroatoms. The standard InChI is InChI=1S/C25H32O13/c1-3-13-14(9-19(29)35-7-6-12-4-5-16(27)17(28)8-12)15(23(33)34-2)11-36-24(13)38-25-22(32)21(31)20(30)18(10-26)37-25/h3-5,8,11,14,18,20-22,24-28,30-32H,6-7,9-10H2,1-2H3/b13-3-/t14?,18?,20-,21-,22?,24+,25+/m1/s1. The highest BCUT2D eigenvalue weighted by atomic mass is 16.8. The average molecular weight is 541 g/mol. The minimum absolute atomic E-state index is 0.00894. The Balaban J connectivity index is 1.71. The monoisotopic (exact) mass is 540 g/mol. The summed E-state index contributed by atoms with van der Waals surface area (Å²) in [5.74, 6) is -2.89. The molecule has 0 bridgehead atoms. The van der Waals surface area contributed by atoms with Crippen LogP contribution in [0, 0.1) is 5.92 Å². The number of methoxy groups -OCH3 is 1. The lowest BCUT2D eigenvalue weighted by atomic mass is 9.86. The molecule has 2 aliphatic heterocycles. The molecule has 210 valence electrons. The number of hydrogen-bond donors (Lipinski definition) is 6. The summed E-state index contributed by atoms with van der Waals surface area (Å²) in [6, 6.07) is 4.23. The lowest BCUT2D eigenvalue weighted by Crippen LogP contribution is -2.60. The van der Waals surface area contributed by atoms with Gasteiger partial charge in [0.2, 0.25) is 6.29 Å². The van der Waals surface area contributed by atoms with Gasteiger partial charge in [-0.3, -0.25) is 4.79 Å². The molecule has 0 spiro atoms. The summed E-state index contributed by atoms with van der Waals surface area (Å²) in [6.45, 7) is 0.912. The molecule has 0 aliphatic carbocycles. The molecule has 0 radical (unpaired) electrons. The van der Waals surface area contributed by atoms with Crippen molar-refractivity contribution in [3.05, 3.63) is 47.2 Å². The quantitative estimate of drug-likeness (QED) is 0.131. The SMILES string of the molecule is C/C=C1/C(CC(=O)OCCc2ccc(O)c(O)c2)C(C(=O)OC)=CO[C@H]1O[C@@H]1OC(CO)[C@@H](O)[C@@H](O)C1O. The largest absolute Gasteiger partial charge is 0.504 e. The van der Waals surface area contributed by atoms with Crippen molar-refractivity contribution in [3.8, 4) is 11.5 Å². The summed E-state index contributed by atoms with van der Waals surface area (Å²) in [4.78, 5) is 25.1. The van der Waals surface area contributed by atoms with Gasteiger partial charge in [-0.1, -0.05) is 12.1 Å². The number of aliphatic hydroxyl groups is 4. The fourth-order valence-electron chi connectivity index (χ4n) is 4.16. The molecular weight excluding hydrogens is 508 g/mol. The van der Waals surface area contributed by atoms with Crippen molar-refractivity contribution < 1.29 is 63.9 Å². The number of ether oxygens (including phenoxy) is 5. The average Bonchev–Trinajstić information content (AvgIpc) is 2.90. The summed E-state index contributed by atoms with van der Waals surface area (Å²) < 4.78 is 26.7. The van der Waals surface area contributed by atoms with Crippen LogP contribution in [-0.2, 0) is 39.7 Å². The van der Waals surface area contributed by atoms with Crippen LogP contribution in [0.4, 0.5) is 0 Å². The van der Waals surface area contributed by atoms with Crippen LogP contribution in [0.15, 0.2) is 41.7 Å². The molecule has 0 saturated carbocycles. The molecule has 1 aromatic rings. The Morgan fingerprint density at radius 2 is 1.82 bits per heavy atom. The lowest BCUT2D eigenvalue weighted by molar-refractivity contribution is -0.327. The second kappa shape index (κ2) is 13.0. The molecule has 1 fully saturated rings. The Morgan fingerprint density at radius 1 is 1.08 bits per heavy atom. The number of hydrogen-bond acceptors (Lipinski definition) is 13. The molecular formula is C25H32O13. The van der Waals surface area contributed by atoms with Crippen molar-refractivity contribution in [1.29, 1.82) is 0 Å². The van der Waals surface area contributed by atoms with Gasteiger partial charge in [0, 0.05) is 17.9 Å². The van der Waals surface area contributed by atoms with Crippen molar-refractivity contribution >= 4 is 11.9 Å². The Morgan fingerprint density at radius 3 is 2.45 bits per heavy atom. The minimum atomic E-state index is -1.69. The summed E-state index contributed by atoms with van der Waals surface area (Å²) in [6.07, 6.45) is -6.39. The Kier molecular flexibility index (Phi) is 10.1.